The minimum atomic E-state index is -2.60. The van der Waals surface area contributed by atoms with Crippen LogP contribution in [0.1, 0.15) is 29.6 Å². The van der Waals surface area contributed by atoms with Crippen molar-refractivity contribution in [1.29, 1.82) is 0 Å². The van der Waals surface area contributed by atoms with Crippen LogP contribution in [0.3, 0.4) is 0 Å². The van der Waals surface area contributed by atoms with E-state index in [0.717, 1.165) is 18.5 Å². The van der Waals surface area contributed by atoms with Crippen LogP contribution >= 0.6 is 0 Å². The summed E-state index contributed by atoms with van der Waals surface area (Å²) in [6.45, 7) is -0.226. The first-order valence-corrected chi connectivity index (χ1v) is 8.04. The summed E-state index contributed by atoms with van der Waals surface area (Å²) < 4.78 is 24.6. The summed E-state index contributed by atoms with van der Waals surface area (Å²) in [6, 6.07) is 6.44. The largest absolute Gasteiger partial charge is 0.378 e. The zero-order valence-electron chi connectivity index (χ0n) is 14.0. The van der Waals surface area contributed by atoms with Crippen LogP contribution in [0, 0.1) is 0 Å². The van der Waals surface area contributed by atoms with E-state index in [1.54, 1.807) is 12.1 Å². The number of halogens is 2. The molecule has 1 aromatic rings. The molecule has 24 heavy (non-hydrogen) atoms. The number of hydrogen-bond donors (Lipinski definition) is 1. The first-order chi connectivity index (χ1) is 11.4. The van der Waals surface area contributed by atoms with Gasteiger partial charge in [-0.15, -0.1) is 0 Å². The van der Waals surface area contributed by atoms with Crippen molar-refractivity contribution in [2.75, 3.05) is 32.1 Å². The van der Waals surface area contributed by atoms with E-state index in [-0.39, 0.29) is 5.91 Å². The third-order valence-electron chi connectivity index (χ3n) is 4.13. The van der Waals surface area contributed by atoms with E-state index in [1.165, 1.54) is 4.90 Å². The second-order valence-corrected chi connectivity index (χ2v) is 6.09. The molecule has 132 valence electrons. The van der Waals surface area contributed by atoms with Gasteiger partial charge in [0.25, 0.3) is 12.3 Å². The van der Waals surface area contributed by atoms with Crippen LogP contribution in [0.15, 0.2) is 24.3 Å². The maximum absolute atomic E-state index is 12.7. The monoisotopic (exact) mass is 339 g/mol. The van der Waals surface area contributed by atoms with Crippen LogP contribution < -0.4 is 10.2 Å². The highest BCUT2D eigenvalue weighted by molar-refractivity contribution is 5.98. The first-order valence-electron chi connectivity index (χ1n) is 8.04. The van der Waals surface area contributed by atoms with Crippen molar-refractivity contribution in [1.82, 2.24) is 10.2 Å². The summed E-state index contributed by atoms with van der Waals surface area (Å²) in [7, 11) is 3.82. The highest BCUT2D eigenvalue weighted by atomic mass is 19.3. The zero-order chi connectivity index (χ0) is 17.7. The maximum atomic E-state index is 12.7. The first kappa shape index (κ1) is 18.2. The van der Waals surface area contributed by atoms with Crippen LogP contribution in [0.2, 0.25) is 0 Å². The van der Waals surface area contributed by atoms with Gasteiger partial charge in [0.2, 0.25) is 5.91 Å². The summed E-state index contributed by atoms with van der Waals surface area (Å²) in [6.07, 6.45) is -0.493. The molecule has 2 rings (SSSR count). The van der Waals surface area contributed by atoms with Crippen LogP contribution in [-0.4, -0.2) is 56.4 Å². The van der Waals surface area contributed by atoms with Crippen molar-refractivity contribution in [2.45, 2.75) is 31.7 Å². The van der Waals surface area contributed by atoms with Crippen molar-refractivity contribution in [3.63, 3.8) is 0 Å². The molecule has 7 heteroatoms. The van der Waals surface area contributed by atoms with Crippen molar-refractivity contribution in [3.05, 3.63) is 29.8 Å². The highest BCUT2D eigenvalue weighted by Crippen LogP contribution is 2.21. The molecule has 0 aliphatic carbocycles. The Balaban J connectivity index is 2.11. The van der Waals surface area contributed by atoms with E-state index in [2.05, 4.69) is 5.32 Å². The van der Waals surface area contributed by atoms with Crippen molar-refractivity contribution in [3.8, 4) is 0 Å². The van der Waals surface area contributed by atoms with Gasteiger partial charge in [-0.2, -0.15) is 0 Å². The van der Waals surface area contributed by atoms with Gasteiger partial charge >= 0.3 is 0 Å². The fourth-order valence-electron chi connectivity index (χ4n) is 2.81. The molecule has 1 aromatic carbocycles. The molecule has 0 bridgehead atoms. The van der Waals surface area contributed by atoms with Gasteiger partial charge in [-0.3, -0.25) is 9.59 Å². The SMILES string of the molecule is CN(C)c1ccc(C(=O)N2CCCC[C@H]2C(=O)NCC(F)F)cc1. The molecule has 1 atom stereocenters. The minimum absolute atomic E-state index is 0.239. The second-order valence-electron chi connectivity index (χ2n) is 6.09. The number of carbonyl (C=O) groups excluding carboxylic acids is 2. The number of piperidine rings is 1. The third-order valence-corrected chi connectivity index (χ3v) is 4.13. The molecule has 0 spiro atoms. The molecule has 1 N–H and O–H groups in total. The molecule has 1 aliphatic heterocycles. The summed E-state index contributed by atoms with van der Waals surface area (Å²) in [5, 5.41) is 2.22. The van der Waals surface area contributed by atoms with Crippen molar-refractivity contribution in [2.24, 2.45) is 0 Å². The van der Waals surface area contributed by atoms with Crippen LogP contribution in [0.5, 0.6) is 0 Å². The van der Waals surface area contributed by atoms with Gasteiger partial charge in [0, 0.05) is 31.9 Å². The van der Waals surface area contributed by atoms with Crippen molar-refractivity contribution < 1.29 is 18.4 Å². The Bertz CT molecular complexity index is 576. The lowest BCUT2D eigenvalue weighted by Crippen LogP contribution is -2.52. The lowest BCUT2D eigenvalue weighted by Gasteiger charge is -2.34. The van der Waals surface area contributed by atoms with Gasteiger partial charge in [0.05, 0.1) is 6.54 Å². The predicted molar refractivity (Wildman–Crippen MR) is 88.5 cm³/mol. The molecule has 5 nitrogen and oxygen atoms in total. The maximum Gasteiger partial charge on any atom is 0.255 e. The quantitative estimate of drug-likeness (QED) is 0.894. The van der Waals surface area contributed by atoms with Crippen LogP contribution in [0.25, 0.3) is 0 Å². The third kappa shape index (κ3) is 4.43. The van der Waals surface area contributed by atoms with Gasteiger partial charge in [-0.05, 0) is 43.5 Å². The van der Waals surface area contributed by atoms with Gasteiger partial charge in [0.15, 0.2) is 0 Å². The number of hydrogen-bond acceptors (Lipinski definition) is 3. The predicted octanol–water partition coefficient (Wildman–Crippen LogP) is 2.13. The topological polar surface area (TPSA) is 52.7 Å². The summed E-state index contributed by atoms with van der Waals surface area (Å²) in [4.78, 5) is 28.3. The van der Waals surface area contributed by atoms with Gasteiger partial charge in [-0.25, -0.2) is 8.78 Å². The highest BCUT2D eigenvalue weighted by Gasteiger charge is 2.32. The van der Waals surface area contributed by atoms with E-state index in [0.29, 0.717) is 18.5 Å². The zero-order valence-corrected chi connectivity index (χ0v) is 14.0. The molecule has 2 amide bonds. The molecule has 1 fully saturated rings. The summed E-state index contributed by atoms with van der Waals surface area (Å²) in [5.74, 6) is -0.745. The number of alkyl halides is 2. The summed E-state index contributed by atoms with van der Waals surface area (Å²) >= 11 is 0. The van der Waals surface area contributed by atoms with Crippen LogP contribution in [0.4, 0.5) is 14.5 Å². The molecule has 0 saturated carbocycles. The van der Waals surface area contributed by atoms with Gasteiger partial charge in [-0.1, -0.05) is 0 Å². The fraction of sp³-hybridized carbons (Fsp3) is 0.529. The Morgan fingerprint density at radius 1 is 1.25 bits per heavy atom. The standard InChI is InChI=1S/C17H23F2N3O2/c1-21(2)13-8-6-12(7-9-13)17(24)22-10-4-3-5-14(22)16(23)20-11-15(18)19/h6-9,14-15H,3-5,10-11H2,1-2H3,(H,20,23)/t14-/m0/s1. The Morgan fingerprint density at radius 2 is 1.92 bits per heavy atom. The second kappa shape index (κ2) is 8.08. The fourth-order valence-corrected chi connectivity index (χ4v) is 2.81. The lowest BCUT2D eigenvalue weighted by molar-refractivity contribution is -0.127. The number of rotatable bonds is 5. The summed E-state index contributed by atoms with van der Waals surface area (Å²) in [5.41, 5.74) is 1.46. The van der Waals surface area contributed by atoms with E-state index in [9.17, 15) is 18.4 Å². The molecule has 1 heterocycles. The van der Waals surface area contributed by atoms with E-state index >= 15 is 0 Å². The normalized spacial score (nSPS) is 17.7. The molecule has 1 saturated heterocycles. The number of carbonyl (C=O) groups is 2. The van der Waals surface area contributed by atoms with E-state index in [4.69, 9.17) is 0 Å². The number of amides is 2. The number of benzene rings is 1. The smallest absolute Gasteiger partial charge is 0.255 e. The number of nitrogens with one attached hydrogen (secondary N) is 1. The Hall–Kier alpha value is -2.18. The molecular weight excluding hydrogens is 316 g/mol. The molecular formula is C17H23F2N3O2. The molecule has 1 aliphatic rings. The number of anilines is 1. The molecule has 0 unspecified atom stereocenters. The average Bonchev–Trinajstić information content (AvgIpc) is 2.59. The van der Waals surface area contributed by atoms with Gasteiger partial charge in [0.1, 0.15) is 6.04 Å². The van der Waals surface area contributed by atoms with E-state index in [1.807, 2.05) is 31.1 Å². The van der Waals surface area contributed by atoms with E-state index < -0.39 is 24.9 Å². The van der Waals surface area contributed by atoms with Crippen molar-refractivity contribution >= 4 is 17.5 Å². The molecule has 0 aromatic heterocycles. The molecule has 0 radical (unpaired) electrons. The lowest BCUT2D eigenvalue weighted by atomic mass is 10.00. The Labute approximate surface area is 140 Å². The number of likely N-dealkylation sites (tertiary alicyclic amines) is 1. The van der Waals surface area contributed by atoms with Crippen LogP contribution in [-0.2, 0) is 4.79 Å². The minimum Gasteiger partial charge on any atom is -0.378 e. The Morgan fingerprint density at radius 3 is 2.50 bits per heavy atom. The number of nitrogens with zero attached hydrogens (tertiary/aromatic N) is 2. The van der Waals surface area contributed by atoms with Gasteiger partial charge < -0.3 is 15.1 Å². The Kier molecular flexibility index (Phi) is 6.11. The average molecular weight is 339 g/mol.